The lowest BCUT2D eigenvalue weighted by Gasteiger charge is -2.38. The molecule has 3 heteroatoms. The minimum atomic E-state index is 0.255. The Morgan fingerprint density at radius 3 is 2.79 bits per heavy atom. The summed E-state index contributed by atoms with van der Waals surface area (Å²) in [6.07, 6.45) is 1.25. The van der Waals surface area contributed by atoms with E-state index in [4.69, 9.17) is 5.11 Å². The summed E-state index contributed by atoms with van der Waals surface area (Å²) < 4.78 is 0. The van der Waals surface area contributed by atoms with Gasteiger partial charge in [-0.25, -0.2) is 0 Å². The smallest absolute Gasteiger partial charge is 0.0597 e. The molecule has 0 aromatic rings. The number of piperazine rings is 1. The molecule has 2 unspecified atom stereocenters. The quantitative estimate of drug-likeness (QED) is 0.701. The summed E-state index contributed by atoms with van der Waals surface area (Å²) in [6.45, 7) is 10.2. The Morgan fingerprint density at radius 2 is 2.21 bits per heavy atom. The van der Waals surface area contributed by atoms with Crippen LogP contribution in [0.2, 0.25) is 0 Å². The van der Waals surface area contributed by atoms with Crippen molar-refractivity contribution in [3.05, 3.63) is 0 Å². The molecule has 2 N–H and O–H groups in total. The number of aliphatic hydroxyl groups is 1. The largest absolute Gasteiger partial charge is 0.395 e. The third-order valence-corrected chi connectivity index (χ3v) is 2.99. The van der Waals surface area contributed by atoms with Crippen molar-refractivity contribution in [2.45, 2.75) is 39.3 Å². The Labute approximate surface area is 87.5 Å². The van der Waals surface area contributed by atoms with Gasteiger partial charge in [0.2, 0.25) is 0 Å². The molecule has 0 aromatic heterocycles. The van der Waals surface area contributed by atoms with Crippen LogP contribution in [-0.2, 0) is 0 Å². The average Bonchev–Trinajstić information content (AvgIpc) is 2.16. The first kappa shape index (κ1) is 12.0. The van der Waals surface area contributed by atoms with E-state index >= 15 is 0 Å². The molecular weight excluding hydrogens is 176 g/mol. The van der Waals surface area contributed by atoms with Crippen LogP contribution in [0.5, 0.6) is 0 Å². The van der Waals surface area contributed by atoms with Gasteiger partial charge in [0.25, 0.3) is 0 Å². The molecule has 1 heterocycles. The SMILES string of the molecule is CC(C)CCN1CC(CO)NCC1C. The minimum absolute atomic E-state index is 0.255. The summed E-state index contributed by atoms with van der Waals surface area (Å²) in [5, 5.41) is 12.4. The van der Waals surface area contributed by atoms with Crippen molar-refractivity contribution in [2.75, 3.05) is 26.2 Å². The maximum absolute atomic E-state index is 9.08. The first-order valence-corrected chi connectivity index (χ1v) is 5.71. The minimum Gasteiger partial charge on any atom is -0.395 e. The second-order valence-electron chi connectivity index (χ2n) is 4.81. The first-order valence-electron chi connectivity index (χ1n) is 5.71. The normalized spacial score (nSPS) is 29.8. The van der Waals surface area contributed by atoms with Gasteiger partial charge in [-0.1, -0.05) is 13.8 Å². The van der Waals surface area contributed by atoms with Crippen LogP contribution >= 0.6 is 0 Å². The summed E-state index contributed by atoms with van der Waals surface area (Å²) >= 11 is 0. The van der Waals surface area contributed by atoms with Crippen LogP contribution in [0.25, 0.3) is 0 Å². The zero-order chi connectivity index (χ0) is 10.6. The second-order valence-corrected chi connectivity index (χ2v) is 4.81. The van der Waals surface area contributed by atoms with Crippen molar-refractivity contribution in [3.8, 4) is 0 Å². The Kier molecular flexibility index (Phi) is 4.85. The maximum Gasteiger partial charge on any atom is 0.0597 e. The van der Waals surface area contributed by atoms with Crippen LogP contribution in [0, 0.1) is 5.92 Å². The summed E-state index contributed by atoms with van der Waals surface area (Å²) in [5.74, 6) is 0.768. The molecule has 1 aliphatic heterocycles. The van der Waals surface area contributed by atoms with E-state index in [1.165, 1.54) is 6.42 Å². The number of hydrogen-bond acceptors (Lipinski definition) is 3. The van der Waals surface area contributed by atoms with Gasteiger partial charge in [0.15, 0.2) is 0 Å². The predicted molar refractivity (Wildman–Crippen MR) is 59.4 cm³/mol. The number of nitrogens with zero attached hydrogens (tertiary/aromatic N) is 1. The van der Waals surface area contributed by atoms with Gasteiger partial charge in [-0.05, 0) is 25.8 Å². The summed E-state index contributed by atoms with van der Waals surface area (Å²) in [6, 6.07) is 0.884. The van der Waals surface area contributed by atoms with Crippen LogP contribution in [0.3, 0.4) is 0 Å². The standard InChI is InChI=1S/C11H24N2O/c1-9(2)4-5-13-7-11(8-14)12-6-10(13)3/h9-12,14H,4-8H2,1-3H3. The van der Waals surface area contributed by atoms with Crippen molar-refractivity contribution in [1.29, 1.82) is 0 Å². The average molecular weight is 200 g/mol. The van der Waals surface area contributed by atoms with E-state index in [0.717, 1.165) is 25.6 Å². The highest BCUT2D eigenvalue weighted by atomic mass is 16.3. The molecule has 0 aliphatic carbocycles. The van der Waals surface area contributed by atoms with E-state index in [9.17, 15) is 0 Å². The van der Waals surface area contributed by atoms with Gasteiger partial charge in [0, 0.05) is 25.2 Å². The third-order valence-electron chi connectivity index (χ3n) is 2.99. The number of hydrogen-bond donors (Lipinski definition) is 2. The van der Waals surface area contributed by atoms with Gasteiger partial charge in [-0.3, -0.25) is 4.90 Å². The van der Waals surface area contributed by atoms with Gasteiger partial charge in [-0.2, -0.15) is 0 Å². The highest BCUT2D eigenvalue weighted by Gasteiger charge is 2.23. The molecular formula is C11H24N2O. The predicted octanol–water partition coefficient (Wildman–Crippen LogP) is 0.687. The fraction of sp³-hybridized carbons (Fsp3) is 1.00. The van der Waals surface area contributed by atoms with Crippen LogP contribution in [0.4, 0.5) is 0 Å². The molecule has 0 amide bonds. The van der Waals surface area contributed by atoms with Gasteiger partial charge in [0.05, 0.1) is 6.61 Å². The molecule has 0 spiro atoms. The van der Waals surface area contributed by atoms with E-state index in [2.05, 4.69) is 31.0 Å². The van der Waals surface area contributed by atoms with Crippen LogP contribution in [0.15, 0.2) is 0 Å². The lowest BCUT2D eigenvalue weighted by Crippen LogP contribution is -2.56. The molecule has 84 valence electrons. The van der Waals surface area contributed by atoms with Crippen molar-refractivity contribution in [2.24, 2.45) is 5.92 Å². The monoisotopic (exact) mass is 200 g/mol. The molecule has 1 rings (SSSR count). The molecule has 2 atom stereocenters. The van der Waals surface area contributed by atoms with Crippen molar-refractivity contribution >= 4 is 0 Å². The summed E-state index contributed by atoms with van der Waals surface area (Å²) in [4.78, 5) is 2.48. The van der Waals surface area contributed by atoms with Gasteiger partial charge >= 0.3 is 0 Å². The van der Waals surface area contributed by atoms with E-state index in [-0.39, 0.29) is 12.6 Å². The molecule has 1 aliphatic rings. The molecule has 0 bridgehead atoms. The molecule has 0 aromatic carbocycles. The molecule has 3 nitrogen and oxygen atoms in total. The lowest BCUT2D eigenvalue weighted by molar-refractivity contribution is 0.104. The van der Waals surface area contributed by atoms with Crippen LogP contribution in [0.1, 0.15) is 27.2 Å². The number of nitrogens with one attached hydrogen (secondary N) is 1. The highest BCUT2D eigenvalue weighted by Crippen LogP contribution is 2.09. The molecule has 1 fully saturated rings. The fourth-order valence-electron chi connectivity index (χ4n) is 1.85. The zero-order valence-electron chi connectivity index (χ0n) is 9.66. The fourth-order valence-corrected chi connectivity index (χ4v) is 1.85. The third kappa shape index (κ3) is 3.56. The molecule has 0 saturated carbocycles. The Morgan fingerprint density at radius 1 is 1.50 bits per heavy atom. The summed E-state index contributed by atoms with van der Waals surface area (Å²) in [7, 11) is 0. The Bertz CT molecular complexity index is 161. The van der Waals surface area contributed by atoms with Crippen molar-refractivity contribution in [3.63, 3.8) is 0 Å². The maximum atomic E-state index is 9.08. The highest BCUT2D eigenvalue weighted by molar-refractivity contribution is 4.83. The van der Waals surface area contributed by atoms with E-state index in [1.807, 2.05) is 0 Å². The van der Waals surface area contributed by atoms with E-state index in [0.29, 0.717) is 6.04 Å². The van der Waals surface area contributed by atoms with E-state index < -0.39 is 0 Å². The second kappa shape index (κ2) is 5.69. The van der Waals surface area contributed by atoms with Gasteiger partial charge < -0.3 is 10.4 Å². The Balaban J connectivity index is 2.32. The van der Waals surface area contributed by atoms with Gasteiger partial charge in [0.1, 0.15) is 0 Å². The van der Waals surface area contributed by atoms with Crippen LogP contribution in [-0.4, -0.2) is 48.3 Å². The Hall–Kier alpha value is -0.120. The topological polar surface area (TPSA) is 35.5 Å². The lowest BCUT2D eigenvalue weighted by atomic mass is 10.1. The molecule has 1 saturated heterocycles. The molecule has 14 heavy (non-hydrogen) atoms. The van der Waals surface area contributed by atoms with Crippen molar-refractivity contribution in [1.82, 2.24) is 10.2 Å². The number of rotatable bonds is 4. The van der Waals surface area contributed by atoms with Crippen molar-refractivity contribution < 1.29 is 5.11 Å². The number of aliphatic hydroxyl groups excluding tert-OH is 1. The first-order chi connectivity index (χ1) is 6.63. The van der Waals surface area contributed by atoms with Crippen LogP contribution < -0.4 is 5.32 Å². The zero-order valence-corrected chi connectivity index (χ0v) is 9.66. The van der Waals surface area contributed by atoms with E-state index in [1.54, 1.807) is 0 Å². The summed E-state index contributed by atoms with van der Waals surface area (Å²) in [5.41, 5.74) is 0. The van der Waals surface area contributed by atoms with Gasteiger partial charge in [-0.15, -0.1) is 0 Å². The molecule has 0 radical (unpaired) electrons.